The molecule has 0 aliphatic carbocycles. The quantitative estimate of drug-likeness (QED) is 0.0407. The first kappa shape index (κ1) is 45.2. The van der Waals surface area contributed by atoms with Crippen LogP contribution < -0.4 is 0 Å². The Labute approximate surface area is 288 Å². The van der Waals surface area contributed by atoms with Gasteiger partial charge in [-0.2, -0.15) is 8.42 Å². The fourth-order valence-corrected chi connectivity index (χ4v) is 4.03. The summed E-state index contributed by atoms with van der Waals surface area (Å²) in [6, 6.07) is 0. The molecule has 0 saturated carbocycles. The summed E-state index contributed by atoms with van der Waals surface area (Å²) in [6.45, 7) is -0.383. The molecule has 0 bridgehead atoms. The van der Waals surface area contributed by atoms with Crippen molar-refractivity contribution in [2.75, 3.05) is 26.4 Å². The Morgan fingerprint density at radius 2 is 1.27 bits per heavy atom. The van der Waals surface area contributed by atoms with E-state index in [0.29, 0.717) is 6.42 Å². The van der Waals surface area contributed by atoms with Crippen LogP contribution in [0.15, 0.2) is 24.3 Å². The summed E-state index contributed by atoms with van der Waals surface area (Å²) in [5, 5.41) is 25.7. The summed E-state index contributed by atoms with van der Waals surface area (Å²) >= 11 is 0. The van der Waals surface area contributed by atoms with Crippen LogP contribution in [0.2, 0.25) is 0 Å². The molecule has 0 heterocycles. The zero-order valence-corrected chi connectivity index (χ0v) is 29.8. The molecular weight excluding hydrogens is 578 g/mol. The Hall–Kier alpha value is -0.280. The van der Waals surface area contributed by atoms with Gasteiger partial charge in [-0.1, -0.05) is 63.3 Å². The second-order valence-electron chi connectivity index (χ2n) is 9.66. The number of esters is 2. The van der Waals surface area contributed by atoms with Crippen molar-refractivity contribution in [1.82, 2.24) is 0 Å². The maximum Gasteiger partial charge on any atom is 0.325 e. The molecular formula is C27H46Na2O11S. The molecule has 0 aromatic carbocycles. The molecule has 11 nitrogen and oxygen atoms in total. The average molecular weight is 625 g/mol. The van der Waals surface area contributed by atoms with Crippen molar-refractivity contribution < 1.29 is 52.1 Å². The molecule has 4 N–H and O–H groups in total. The van der Waals surface area contributed by atoms with Crippen LogP contribution >= 0.6 is 0 Å². The zero-order valence-electron chi connectivity index (χ0n) is 25.0. The molecule has 0 spiro atoms. The first-order chi connectivity index (χ1) is 18.5. The molecule has 0 aliphatic heterocycles. The maximum absolute atomic E-state index is 12.1. The van der Waals surface area contributed by atoms with Gasteiger partial charge in [-0.3, -0.25) is 18.9 Å². The Balaban J connectivity index is -0.00000722. The van der Waals surface area contributed by atoms with Gasteiger partial charge in [0.05, 0.1) is 25.0 Å². The molecule has 0 aromatic heterocycles. The number of hydrogen-bond acceptors (Lipinski definition) is 9. The van der Waals surface area contributed by atoms with Crippen molar-refractivity contribution in [3.8, 4) is 0 Å². The van der Waals surface area contributed by atoms with Crippen molar-refractivity contribution in [2.45, 2.75) is 95.6 Å². The van der Waals surface area contributed by atoms with Crippen molar-refractivity contribution in [3.05, 3.63) is 24.3 Å². The molecule has 0 saturated heterocycles. The van der Waals surface area contributed by atoms with E-state index in [-0.39, 0.29) is 65.5 Å². The van der Waals surface area contributed by atoms with E-state index in [1.165, 1.54) is 19.3 Å². The van der Waals surface area contributed by atoms with Gasteiger partial charge in [-0.05, 0) is 38.5 Å². The van der Waals surface area contributed by atoms with E-state index in [0.717, 1.165) is 44.9 Å². The molecule has 0 aromatic rings. The fraction of sp³-hybridized carbons (Fsp3) is 0.741. The minimum Gasteiger partial charge on any atom is -0.480 e. The molecule has 14 heteroatoms. The van der Waals surface area contributed by atoms with E-state index in [4.69, 9.17) is 19.1 Å². The van der Waals surface area contributed by atoms with E-state index >= 15 is 0 Å². The number of carboxylic acid groups (broad SMARTS) is 1. The van der Waals surface area contributed by atoms with Gasteiger partial charge < -0.3 is 24.8 Å². The smallest absolute Gasteiger partial charge is 0.325 e. The van der Waals surface area contributed by atoms with Crippen LogP contribution in [-0.4, -0.2) is 137 Å². The Bertz CT molecular complexity index is 872. The number of ether oxygens (including phenoxy) is 2. The van der Waals surface area contributed by atoms with Crippen molar-refractivity contribution >= 4 is 87.1 Å². The van der Waals surface area contributed by atoms with E-state index in [9.17, 15) is 33.0 Å². The number of hydrogen-bond donors (Lipinski definition) is 4. The summed E-state index contributed by atoms with van der Waals surface area (Å²) in [5.74, 6) is -3.77. The van der Waals surface area contributed by atoms with Gasteiger partial charge in [0.2, 0.25) is 0 Å². The van der Waals surface area contributed by atoms with E-state index < -0.39 is 71.5 Å². The largest absolute Gasteiger partial charge is 0.480 e. The van der Waals surface area contributed by atoms with Crippen LogP contribution in [0.5, 0.6) is 0 Å². The van der Waals surface area contributed by atoms with Crippen molar-refractivity contribution in [1.29, 1.82) is 0 Å². The van der Waals surface area contributed by atoms with Crippen molar-refractivity contribution in [3.63, 3.8) is 0 Å². The number of aliphatic carboxylic acids is 1. The number of allylic oxidation sites excluding steroid dienone is 4. The minimum absolute atomic E-state index is 0. The first-order valence-corrected chi connectivity index (χ1v) is 15.0. The summed E-state index contributed by atoms with van der Waals surface area (Å²) < 4.78 is 41.0. The molecule has 2 radical (unpaired) electrons. The third-order valence-corrected chi connectivity index (χ3v) is 7.16. The summed E-state index contributed by atoms with van der Waals surface area (Å²) in [7, 11) is -5.05. The molecule has 1 unspecified atom stereocenters. The maximum atomic E-state index is 12.1. The summed E-state index contributed by atoms with van der Waals surface area (Å²) in [6.07, 6.45) is 19.2. The minimum atomic E-state index is -5.05. The predicted octanol–water partition coefficient (Wildman–Crippen LogP) is 2.83. The standard InChI is InChI=1S/C27H46O11S.2Na/c1-2-3-4-5-6-7-8-9-10-11-12-13-14-15-16-17-24(30)37-21-27(19-28,20-29)22-38-25(31)18-23(26(32)33)39(34,35)36;;/h6-7,9-10,23,28-29H,2-5,8,11-22H2,1H3,(H,32,33)(H,34,35,36);;/b7-6-,10-9-;;. The van der Waals surface area contributed by atoms with Gasteiger partial charge in [-0.15, -0.1) is 0 Å². The van der Waals surface area contributed by atoms with Crippen LogP contribution in [-0.2, 0) is 34.0 Å². The number of unbranched alkanes of at least 4 members (excludes halogenated alkanes) is 8. The van der Waals surface area contributed by atoms with Crippen LogP contribution in [0.25, 0.3) is 0 Å². The van der Waals surface area contributed by atoms with E-state index in [2.05, 4.69) is 31.2 Å². The summed E-state index contributed by atoms with van der Waals surface area (Å²) in [4.78, 5) is 34.8. The number of rotatable bonds is 24. The number of aliphatic hydroxyl groups excluding tert-OH is 2. The monoisotopic (exact) mass is 624 g/mol. The first-order valence-electron chi connectivity index (χ1n) is 13.5. The fourth-order valence-electron chi connectivity index (χ4n) is 3.42. The second kappa shape index (κ2) is 27.3. The normalized spacial score (nSPS) is 12.5. The Kier molecular flexibility index (Phi) is 30.0. The van der Waals surface area contributed by atoms with Gasteiger partial charge in [0.15, 0.2) is 5.25 Å². The van der Waals surface area contributed by atoms with Gasteiger partial charge in [0, 0.05) is 65.5 Å². The average Bonchev–Trinajstić information content (AvgIpc) is 2.89. The number of carbonyl (C=O) groups is 3. The molecule has 1 atom stereocenters. The van der Waals surface area contributed by atoms with Crippen LogP contribution in [0.3, 0.4) is 0 Å². The third kappa shape index (κ3) is 23.8. The second-order valence-corrected chi connectivity index (χ2v) is 11.3. The van der Waals surface area contributed by atoms with Crippen LogP contribution in [0.4, 0.5) is 0 Å². The van der Waals surface area contributed by atoms with E-state index in [1.807, 2.05) is 0 Å². The van der Waals surface area contributed by atoms with Crippen LogP contribution in [0.1, 0.15) is 90.4 Å². The SMILES string of the molecule is CCCCC/C=C\C/C=C\CCCCCCCC(=O)OCC(CO)(CO)COC(=O)CC(C(=O)O)S(=O)(=O)O.[Na].[Na]. The molecule has 0 rings (SSSR count). The number of aliphatic hydroxyl groups is 2. The molecule has 0 aliphatic rings. The number of carbonyl (C=O) groups excluding carboxylic acids is 2. The Morgan fingerprint density at radius 1 is 0.780 bits per heavy atom. The molecule has 228 valence electrons. The van der Waals surface area contributed by atoms with Crippen molar-refractivity contribution in [2.24, 2.45) is 5.41 Å². The van der Waals surface area contributed by atoms with Gasteiger partial charge in [-0.25, -0.2) is 0 Å². The van der Waals surface area contributed by atoms with E-state index in [1.54, 1.807) is 0 Å². The Morgan fingerprint density at radius 3 is 1.76 bits per heavy atom. The zero-order chi connectivity index (χ0) is 29.6. The molecule has 0 fully saturated rings. The third-order valence-electron chi connectivity index (χ3n) is 6.07. The molecule has 41 heavy (non-hydrogen) atoms. The van der Waals surface area contributed by atoms with Gasteiger partial charge >= 0.3 is 17.9 Å². The topological polar surface area (TPSA) is 185 Å². The number of carboxylic acids is 1. The van der Waals surface area contributed by atoms with Crippen LogP contribution in [0, 0.1) is 5.41 Å². The van der Waals surface area contributed by atoms with Gasteiger partial charge in [0.1, 0.15) is 13.2 Å². The summed E-state index contributed by atoms with van der Waals surface area (Å²) in [5.41, 5.74) is -1.56. The predicted molar refractivity (Wildman–Crippen MR) is 157 cm³/mol. The van der Waals surface area contributed by atoms with Gasteiger partial charge in [0.25, 0.3) is 10.1 Å². The molecule has 0 amide bonds.